The first-order valence-electron chi connectivity index (χ1n) is 10.4. The van der Waals surface area contributed by atoms with E-state index in [1.807, 2.05) is 24.5 Å². The number of imidazole rings is 1. The number of urea groups is 1. The highest BCUT2D eigenvalue weighted by Crippen LogP contribution is 2.35. The van der Waals surface area contributed by atoms with Gasteiger partial charge in [-0.1, -0.05) is 4.99 Å². The Kier molecular flexibility index (Phi) is 4.73. The van der Waals surface area contributed by atoms with Crippen LogP contribution in [0.1, 0.15) is 33.5 Å². The van der Waals surface area contributed by atoms with Crippen molar-refractivity contribution >= 4 is 29.5 Å². The number of halogens is 1. The van der Waals surface area contributed by atoms with E-state index >= 15 is 0 Å². The number of hydrogen-bond acceptors (Lipinski definition) is 5. The molecule has 0 spiro atoms. The lowest BCUT2D eigenvalue weighted by Crippen LogP contribution is -2.58. The van der Waals surface area contributed by atoms with Gasteiger partial charge in [0.15, 0.2) is 5.78 Å². The molecule has 2 aliphatic rings. The van der Waals surface area contributed by atoms with Gasteiger partial charge in [0.25, 0.3) is 5.91 Å². The Morgan fingerprint density at radius 1 is 1.18 bits per heavy atom. The van der Waals surface area contributed by atoms with Gasteiger partial charge in [-0.2, -0.15) is 0 Å². The van der Waals surface area contributed by atoms with Crippen LogP contribution in [0.5, 0.6) is 0 Å². The number of aromatic nitrogens is 2. The number of amides is 3. The number of rotatable bonds is 5. The van der Waals surface area contributed by atoms with Crippen molar-refractivity contribution in [3.63, 3.8) is 0 Å². The average Bonchev–Trinajstić information content (AvgIpc) is 3.50. The second-order valence-electron chi connectivity index (χ2n) is 8.07. The molecule has 10 heteroatoms. The number of likely N-dealkylation sites (N-methyl/N-ethyl adjacent to an activating group) is 1. The highest BCUT2D eigenvalue weighted by Gasteiger charge is 2.54. The molecule has 2 aliphatic heterocycles. The van der Waals surface area contributed by atoms with Gasteiger partial charge in [0.1, 0.15) is 29.5 Å². The van der Waals surface area contributed by atoms with Crippen LogP contribution >= 0.6 is 0 Å². The summed E-state index contributed by atoms with van der Waals surface area (Å²) in [6.07, 6.45) is 1.59. The van der Waals surface area contributed by atoms with E-state index < -0.39 is 36.1 Å². The summed E-state index contributed by atoms with van der Waals surface area (Å²) in [5, 5.41) is 0. The molecule has 1 saturated heterocycles. The summed E-state index contributed by atoms with van der Waals surface area (Å²) >= 11 is 0. The fourth-order valence-electron chi connectivity index (χ4n) is 4.27. The van der Waals surface area contributed by atoms with Crippen LogP contribution in [0.2, 0.25) is 0 Å². The van der Waals surface area contributed by atoms with Gasteiger partial charge in [0, 0.05) is 12.6 Å². The maximum Gasteiger partial charge on any atom is 0.402 e. The molecule has 1 aromatic carbocycles. The van der Waals surface area contributed by atoms with Crippen molar-refractivity contribution in [2.75, 3.05) is 13.6 Å². The van der Waals surface area contributed by atoms with E-state index in [1.54, 1.807) is 16.9 Å². The predicted molar refractivity (Wildman–Crippen MR) is 114 cm³/mol. The largest absolute Gasteiger partial charge is 0.466 e. The molecule has 1 fully saturated rings. The second-order valence-corrected chi connectivity index (χ2v) is 8.07. The lowest BCUT2D eigenvalue weighted by atomic mass is 10.1. The smallest absolute Gasteiger partial charge is 0.402 e. The Balaban J connectivity index is 1.50. The molecule has 0 aliphatic carbocycles. The third-order valence-corrected chi connectivity index (χ3v) is 6.19. The maximum atomic E-state index is 13.5. The molecule has 5 rings (SSSR count). The fourth-order valence-corrected chi connectivity index (χ4v) is 4.27. The summed E-state index contributed by atoms with van der Waals surface area (Å²) < 4.78 is 22.4. The van der Waals surface area contributed by atoms with E-state index in [0.717, 1.165) is 34.2 Å². The normalized spacial score (nSPS) is 17.3. The number of fused-ring (bicyclic) bond motifs is 3. The molecule has 1 atom stereocenters. The highest BCUT2D eigenvalue weighted by molar-refractivity contribution is 6.21. The summed E-state index contributed by atoms with van der Waals surface area (Å²) in [4.78, 5) is 46.0. The van der Waals surface area contributed by atoms with Crippen LogP contribution in [0, 0.1) is 19.7 Å². The number of carbonyl (C=O) groups excluding carboxylic acids is 3. The van der Waals surface area contributed by atoms with Crippen LogP contribution in [0.15, 0.2) is 52.1 Å². The molecule has 33 heavy (non-hydrogen) atoms. The summed E-state index contributed by atoms with van der Waals surface area (Å²) in [7, 11) is 1.53. The zero-order valence-corrected chi connectivity index (χ0v) is 18.3. The summed E-state index contributed by atoms with van der Waals surface area (Å²) in [5.74, 6) is 0.0973. The minimum absolute atomic E-state index is 0.218. The quantitative estimate of drug-likeness (QED) is 0.441. The fraction of sp³-hybridized carbons (Fsp3) is 0.261. The highest BCUT2D eigenvalue weighted by atomic mass is 19.1. The van der Waals surface area contributed by atoms with E-state index in [2.05, 4.69) is 4.99 Å². The maximum absolute atomic E-state index is 13.5. The number of amidine groups is 1. The predicted octanol–water partition coefficient (Wildman–Crippen LogP) is 2.53. The second kappa shape index (κ2) is 7.51. The van der Waals surface area contributed by atoms with E-state index in [4.69, 9.17) is 4.42 Å². The van der Waals surface area contributed by atoms with Crippen LogP contribution in [0.4, 0.5) is 15.1 Å². The van der Waals surface area contributed by atoms with Crippen molar-refractivity contribution in [2.24, 2.45) is 4.99 Å². The van der Waals surface area contributed by atoms with Crippen molar-refractivity contribution in [2.45, 2.75) is 26.4 Å². The van der Waals surface area contributed by atoms with Gasteiger partial charge in [0.2, 0.25) is 11.9 Å². The SMILES string of the molecule is Cc1c(C)[n+](Cc2ccco2)c2n1C1C(=O)N(CC(=O)c3ccc(F)cc3)C(=O)N(C)C1=N2. The van der Waals surface area contributed by atoms with Crippen molar-refractivity contribution < 1.29 is 27.8 Å². The molecule has 0 N–H and O–H groups in total. The standard InChI is InChI=1S/C23H21FN5O4/c1-13-14(2)29-19-20(25-22(29)27(13)11-17-5-4-10-33-17)26(3)23(32)28(21(19)31)12-18(30)15-6-8-16(24)9-7-15/h4-10,19H,11-12H2,1-3H3/q+1. The van der Waals surface area contributed by atoms with E-state index in [0.29, 0.717) is 18.3 Å². The molecular weight excluding hydrogens is 429 g/mol. The topological polar surface area (TPSA) is 92.0 Å². The number of Topliss-reactive ketones (excluding diaryl/α,β-unsaturated/α-hetero) is 1. The molecule has 3 amide bonds. The number of hydrogen-bond donors (Lipinski definition) is 0. The zero-order chi connectivity index (χ0) is 23.4. The van der Waals surface area contributed by atoms with Crippen LogP contribution < -0.4 is 4.57 Å². The first kappa shape index (κ1) is 20.8. The molecule has 0 bridgehead atoms. The molecule has 0 radical (unpaired) electrons. The molecule has 9 nitrogen and oxygen atoms in total. The summed E-state index contributed by atoms with van der Waals surface area (Å²) in [6, 6.07) is 7.14. The van der Waals surface area contributed by atoms with Gasteiger partial charge in [0.05, 0.1) is 12.8 Å². The van der Waals surface area contributed by atoms with Crippen LogP contribution in [-0.4, -0.2) is 51.5 Å². The Morgan fingerprint density at radius 3 is 2.58 bits per heavy atom. The summed E-state index contributed by atoms with van der Waals surface area (Å²) in [5.41, 5.74) is 1.95. The van der Waals surface area contributed by atoms with Crippen molar-refractivity contribution in [1.82, 2.24) is 14.4 Å². The molecule has 2 aromatic heterocycles. The Hall–Kier alpha value is -4.08. The molecule has 1 unspecified atom stereocenters. The average molecular weight is 450 g/mol. The lowest BCUT2D eigenvalue weighted by molar-refractivity contribution is -0.682. The van der Waals surface area contributed by atoms with Crippen molar-refractivity contribution in [3.05, 3.63) is 71.2 Å². The lowest BCUT2D eigenvalue weighted by Gasteiger charge is -2.33. The number of aliphatic imine (C=N–C) groups is 1. The van der Waals surface area contributed by atoms with Crippen LogP contribution in [0.3, 0.4) is 0 Å². The first-order chi connectivity index (χ1) is 15.8. The van der Waals surface area contributed by atoms with Crippen LogP contribution in [0.25, 0.3) is 0 Å². The van der Waals surface area contributed by atoms with E-state index in [-0.39, 0.29) is 5.56 Å². The van der Waals surface area contributed by atoms with Crippen molar-refractivity contribution in [1.29, 1.82) is 0 Å². The number of imide groups is 1. The monoisotopic (exact) mass is 450 g/mol. The number of ketones is 1. The van der Waals surface area contributed by atoms with Gasteiger partial charge in [-0.25, -0.2) is 18.3 Å². The third kappa shape index (κ3) is 3.17. The van der Waals surface area contributed by atoms with Gasteiger partial charge in [-0.15, -0.1) is 0 Å². The number of nitrogens with zero attached hydrogens (tertiary/aromatic N) is 5. The molecule has 3 aromatic rings. The van der Waals surface area contributed by atoms with Gasteiger partial charge in [-0.3, -0.25) is 19.4 Å². The van der Waals surface area contributed by atoms with E-state index in [1.165, 1.54) is 24.1 Å². The molecular formula is C23H21FN5O4+. The molecule has 0 saturated carbocycles. The number of furan rings is 1. The Bertz CT molecular complexity index is 1320. The van der Waals surface area contributed by atoms with Crippen molar-refractivity contribution in [3.8, 4) is 0 Å². The van der Waals surface area contributed by atoms with Gasteiger partial charge >= 0.3 is 12.0 Å². The minimum atomic E-state index is -0.861. The Labute approximate surface area is 188 Å². The molecule has 168 valence electrons. The Morgan fingerprint density at radius 2 is 1.91 bits per heavy atom. The zero-order valence-electron chi connectivity index (χ0n) is 18.3. The first-order valence-corrected chi connectivity index (χ1v) is 10.4. The van der Waals surface area contributed by atoms with E-state index in [9.17, 15) is 18.8 Å². The number of benzene rings is 1. The number of carbonyl (C=O) groups is 3. The van der Waals surface area contributed by atoms with Gasteiger partial charge < -0.3 is 4.42 Å². The summed E-state index contributed by atoms with van der Waals surface area (Å²) in [6.45, 7) is 3.78. The third-order valence-electron chi connectivity index (χ3n) is 6.19. The van der Waals surface area contributed by atoms with Crippen LogP contribution in [-0.2, 0) is 11.3 Å². The van der Waals surface area contributed by atoms with Gasteiger partial charge in [-0.05, 0) is 50.2 Å². The minimum Gasteiger partial charge on any atom is -0.466 e. The molecule has 4 heterocycles.